The molecule has 24 heavy (non-hydrogen) atoms. The van der Waals surface area contributed by atoms with Gasteiger partial charge in [-0.1, -0.05) is 35.9 Å². The van der Waals surface area contributed by atoms with E-state index in [4.69, 9.17) is 11.6 Å². The first-order chi connectivity index (χ1) is 11.6. The predicted molar refractivity (Wildman–Crippen MR) is 104 cm³/mol. The molecule has 2 aliphatic heterocycles. The van der Waals surface area contributed by atoms with Gasteiger partial charge in [0, 0.05) is 34.5 Å². The summed E-state index contributed by atoms with van der Waals surface area (Å²) in [4.78, 5) is 2.38. The number of hydrogen-bond acceptors (Lipinski definition) is 2. The molecule has 0 unspecified atom stereocenters. The van der Waals surface area contributed by atoms with Gasteiger partial charge in [-0.05, 0) is 67.4 Å². The number of benzene rings is 2. The third kappa shape index (κ3) is 2.77. The van der Waals surface area contributed by atoms with E-state index in [1.165, 1.54) is 22.3 Å². The van der Waals surface area contributed by atoms with Gasteiger partial charge in [-0.15, -0.1) is 0 Å². The van der Waals surface area contributed by atoms with Gasteiger partial charge in [0.25, 0.3) is 0 Å². The highest BCUT2D eigenvalue weighted by molar-refractivity contribution is 6.31. The molecule has 0 fully saturated rings. The van der Waals surface area contributed by atoms with Crippen molar-refractivity contribution in [2.75, 3.05) is 18.9 Å². The molecule has 2 aromatic rings. The summed E-state index contributed by atoms with van der Waals surface area (Å²) in [6, 6.07) is 15.0. The first kappa shape index (κ1) is 15.5. The van der Waals surface area contributed by atoms with E-state index in [2.05, 4.69) is 72.7 Å². The van der Waals surface area contributed by atoms with Crippen LogP contribution >= 0.6 is 11.6 Å². The molecule has 0 aromatic heterocycles. The summed E-state index contributed by atoms with van der Waals surface area (Å²) in [7, 11) is 2.18. The van der Waals surface area contributed by atoms with Crippen molar-refractivity contribution in [3.05, 3.63) is 70.3 Å². The molecule has 2 aliphatic rings. The van der Waals surface area contributed by atoms with Crippen molar-refractivity contribution >= 4 is 34.6 Å². The van der Waals surface area contributed by atoms with Crippen LogP contribution in [0.4, 0.5) is 11.4 Å². The highest BCUT2D eigenvalue weighted by Gasteiger charge is 2.22. The van der Waals surface area contributed by atoms with Crippen molar-refractivity contribution in [3.63, 3.8) is 0 Å². The largest absolute Gasteiger partial charge is 0.355 e. The summed E-state index contributed by atoms with van der Waals surface area (Å²) in [5, 5.41) is 4.34. The third-order valence-electron chi connectivity index (χ3n) is 5.02. The normalized spacial score (nSPS) is 20.2. The Bertz CT molecular complexity index is 851. The van der Waals surface area contributed by atoms with Crippen molar-refractivity contribution in [2.24, 2.45) is 0 Å². The average molecular weight is 337 g/mol. The monoisotopic (exact) mass is 336 g/mol. The van der Waals surface area contributed by atoms with Crippen molar-refractivity contribution < 1.29 is 0 Å². The molecule has 2 heterocycles. The van der Waals surface area contributed by atoms with Crippen LogP contribution in [-0.4, -0.2) is 24.5 Å². The minimum absolute atomic E-state index is 0.448. The first-order valence-corrected chi connectivity index (χ1v) is 8.78. The summed E-state index contributed by atoms with van der Waals surface area (Å²) in [5.41, 5.74) is 7.34. The van der Waals surface area contributed by atoms with Crippen LogP contribution in [0.2, 0.25) is 5.02 Å². The summed E-state index contributed by atoms with van der Waals surface area (Å²) in [6.07, 6.45) is 5.74. The number of para-hydroxylation sites is 1. The maximum Gasteiger partial charge on any atom is 0.0465 e. The Kier molecular flexibility index (Phi) is 3.95. The van der Waals surface area contributed by atoms with E-state index >= 15 is 0 Å². The van der Waals surface area contributed by atoms with Crippen molar-refractivity contribution in [3.8, 4) is 0 Å². The molecule has 1 N–H and O–H groups in total. The smallest absolute Gasteiger partial charge is 0.0465 e. The molecular formula is C21H21ClN2. The summed E-state index contributed by atoms with van der Waals surface area (Å²) < 4.78 is 0. The second-order valence-corrected chi connectivity index (χ2v) is 7.06. The quantitative estimate of drug-likeness (QED) is 0.730. The molecule has 0 saturated heterocycles. The maximum atomic E-state index is 6.31. The fourth-order valence-electron chi connectivity index (χ4n) is 3.46. The van der Waals surface area contributed by atoms with Crippen LogP contribution in [0.15, 0.2) is 54.1 Å². The first-order valence-electron chi connectivity index (χ1n) is 8.41. The molecule has 0 bridgehead atoms. The third-order valence-corrected chi connectivity index (χ3v) is 5.25. The van der Waals surface area contributed by atoms with E-state index in [1.54, 1.807) is 0 Å². The van der Waals surface area contributed by atoms with Gasteiger partial charge >= 0.3 is 0 Å². The maximum absolute atomic E-state index is 6.31. The molecule has 2 nitrogen and oxygen atoms in total. The van der Waals surface area contributed by atoms with Crippen molar-refractivity contribution in [1.82, 2.24) is 4.90 Å². The fourth-order valence-corrected chi connectivity index (χ4v) is 3.63. The second kappa shape index (κ2) is 6.12. The number of halogens is 1. The van der Waals surface area contributed by atoms with Gasteiger partial charge in [-0.3, -0.25) is 4.90 Å². The van der Waals surface area contributed by atoms with Gasteiger partial charge in [-0.2, -0.15) is 0 Å². The number of allylic oxidation sites excluding steroid dienone is 1. The Hall–Kier alpha value is -2.03. The van der Waals surface area contributed by atoms with Gasteiger partial charge in [0.05, 0.1) is 0 Å². The number of rotatable bonds is 1. The summed E-state index contributed by atoms with van der Waals surface area (Å²) in [5.74, 6) is 0. The second-order valence-electron chi connectivity index (χ2n) is 6.62. The Labute approximate surface area is 148 Å². The van der Waals surface area contributed by atoms with Crippen molar-refractivity contribution in [2.45, 2.75) is 19.4 Å². The molecule has 0 spiro atoms. The van der Waals surface area contributed by atoms with Crippen LogP contribution in [0.5, 0.6) is 0 Å². The van der Waals surface area contributed by atoms with Crippen LogP contribution in [0.3, 0.4) is 0 Å². The Morgan fingerprint density at radius 1 is 1.12 bits per heavy atom. The van der Waals surface area contributed by atoms with E-state index in [0.717, 1.165) is 29.4 Å². The minimum atomic E-state index is 0.448. The number of hydrogen-bond donors (Lipinski definition) is 1. The molecule has 0 saturated carbocycles. The van der Waals surface area contributed by atoms with Crippen molar-refractivity contribution in [1.29, 1.82) is 0 Å². The van der Waals surface area contributed by atoms with E-state index in [9.17, 15) is 0 Å². The number of anilines is 2. The van der Waals surface area contributed by atoms with E-state index in [-0.39, 0.29) is 0 Å². The minimum Gasteiger partial charge on any atom is -0.355 e. The number of fused-ring (bicyclic) bond motifs is 2. The van der Waals surface area contributed by atoms with Gasteiger partial charge < -0.3 is 5.32 Å². The highest BCUT2D eigenvalue weighted by atomic mass is 35.5. The van der Waals surface area contributed by atoms with Gasteiger partial charge in [-0.25, -0.2) is 0 Å². The van der Waals surface area contributed by atoms with Crippen LogP contribution in [0, 0.1) is 0 Å². The van der Waals surface area contributed by atoms with Gasteiger partial charge in [0.15, 0.2) is 0 Å². The fraction of sp³-hybridized carbons (Fsp3) is 0.238. The summed E-state index contributed by atoms with van der Waals surface area (Å²) in [6.45, 7) is 3.33. The van der Waals surface area contributed by atoms with Gasteiger partial charge in [0.2, 0.25) is 0 Å². The van der Waals surface area contributed by atoms with E-state index in [1.807, 2.05) is 6.07 Å². The Morgan fingerprint density at radius 2 is 1.96 bits per heavy atom. The number of nitrogens with zero attached hydrogens (tertiary/aromatic N) is 1. The molecular weight excluding hydrogens is 316 g/mol. The number of likely N-dealkylation sites (N-methyl/N-ethyl adjacent to an activating group) is 1. The zero-order valence-corrected chi connectivity index (χ0v) is 14.8. The lowest BCUT2D eigenvalue weighted by Crippen LogP contribution is -2.32. The lowest BCUT2D eigenvalue weighted by molar-refractivity contribution is 0.288. The molecule has 0 amide bonds. The van der Waals surface area contributed by atoms with E-state index in [0.29, 0.717) is 6.04 Å². The molecule has 0 radical (unpaired) electrons. The van der Waals surface area contributed by atoms with Crippen LogP contribution in [0.25, 0.3) is 11.6 Å². The van der Waals surface area contributed by atoms with E-state index < -0.39 is 0 Å². The number of nitrogens with one attached hydrogen (secondary N) is 1. The highest BCUT2D eigenvalue weighted by Crippen LogP contribution is 2.41. The molecule has 2 aromatic carbocycles. The SMILES string of the molecule is C[C@H]1C=C(C2=Cc3ccccc3Nc3ccc(Cl)cc32)CCN1C. The van der Waals surface area contributed by atoms with Crippen LogP contribution < -0.4 is 5.32 Å². The average Bonchev–Trinajstić information content (AvgIpc) is 2.74. The zero-order chi connectivity index (χ0) is 16.7. The topological polar surface area (TPSA) is 15.3 Å². The molecule has 0 aliphatic carbocycles. The standard InChI is InChI=1S/C21H21ClN2/c1-14-11-15(9-10-24(14)2)18-12-16-5-3-4-6-20(16)23-21-8-7-17(22)13-19(18)21/h3-8,11-14,23H,9-10H2,1-2H3/t14-/m0/s1. The molecule has 1 atom stereocenters. The van der Waals surface area contributed by atoms with Crippen LogP contribution in [0.1, 0.15) is 24.5 Å². The van der Waals surface area contributed by atoms with Gasteiger partial charge in [0.1, 0.15) is 0 Å². The van der Waals surface area contributed by atoms with Crippen LogP contribution in [-0.2, 0) is 0 Å². The molecule has 3 heteroatoms. The molecule has 122 valence electrons. The Morgan fingerprint density at radius 3 is 2.79 bits per heavy atom. The lowest BCUT2D eigenvalue weighted by atomic mass is 9.90. The predicted octanol–water partition coefficient (Wildman–Crippen LogP) is 5.59. The summed E-state index contributed by atoms with van der Waals surface area (Å²) >= 11 is 6.31. The molecule has 4 rings (SSSR count). The lowest BCUT2D eigenvalue weighted by Gasteiger charge is -2.29. The zero-order valence-electron chi connectivity index (χ0n) is 14.0. The Balaban J connectivity index is 1.92.